The Bertz CT molecular complexity index is 861. The van der Waals surface area contributed by atoms with Crippen molar-refractivity contribution >= 4 is 21.4 Å². The molecule has 0 N–H and O–H groups in total. The van der Waals surface area contributed by atoms with Gasteiger partial charge in [-0.25, -0.2) is 13.4 Å². The largest absolute Gasteiger partial charge is 0.246 e. The number of benzene rings is 1. The van der Waals surface area contributed by atoms with Gasteiger partial charge in [0.25, 0.3) is 0 Å². The molecule has 0 bridgehead atoms. The first-order chi connectivity index (χ1) is 11.2. The Morgan fingerprint density at radius 2 is 1.79 bits per heavy atom. The summed E-state index contributed by atoms with van der Waals surface area (Å²) in [5.41, 5.74) is 3.80. The number of nitrogens with zero attached hydrogens (tertiary/aromatic N) is 2. The predicted octanol–water partition coefficient (Wildman–Crippen LogP) is 4.07. The molecule has 1 aliphatic rings. The van der Waals surface area contributed by atoms with E-state index in [1.54, 1.807) is 22.7 Å². The smallest absolute Gasteiger partial charge is 0.243 e. The van der Waals surface area contributed by atoms with Gasteiger partial charge in [-0.3, -0.25) is 0 Å². The molecule has 3 rings (SSSR count). The van der Waals surface area contributed by atoms with Crippen LogP contribution >= 0.6 is 11.3 Å². The highest BCUT2D eigenvalue weighted by Crippen LogP contribution is 2.40. The lowest BCUT2D eigenvalue weighted by Gasteiger charge is -2.31. The molecule has 1 aromatic carbocycles. The van der Waals surface area contributed by atoms with Gasteiger partial charge in [0.15, 0.2) is 0 Å². The van der Waals surface area contributed by atoms with Crippen molar-refractivity contribution in [1.82, 2.24) is 9.29 Å². The van der Waals surface area contributed by atoms with Crippen molar-refractivity contribution in [3.8, 4) is 0 Å². The average Bonchev–Trinajstić information content (AvgIpc) is 2.84. The molecule has 0 radical (unpaired) electrons. The molecule has 130 valence electrons. The first-order valence-electron chi connectivity index (χ1n) is 8.24. The molecule has 24 heavy (non-hydrogen) atoms. The van der Waals surface area contributed by atoms with E-state index < -0.39 is 10.0 Å². The van der Waals surface area contributed by atoms with Gasteiger partial charge in [0.1, 0.15) is 0 Å². The number of hydrogen-bond acceptors (Lipinski definition) is 4. The lowest BCUT2D eigenvalue weighted by atomic mass is 9.98. The third-order valence-electron chi connectivity index (χ3n) is 4.71. The first kappa shape index (κ1) is 17.6. The van der Waals surface area contributed by atoms with Crippen LogP contribution in [0.1, 0.15) is 51.2 Å². The maximum absolute atomic E-state index is 13.3. The third kappa shape index (κ3) is 2.91. The summed E-state index contributed by atoms with van der Waals surface area (Å²) in [4.78, 5) is 6.15. The number of aromatic nitrogens is 1. The Balaban J connectivity index is 2.06. The molecule has 0 fully saturated rings. The van der Waals surface area contributed by atoms with Crippen molar-refractivity contribution in [1.29, 1.82) is 0 Å². The van der Waals surface area contributed by atoms with E-state index in [-0.39, 0.29) is 6.04 Å². The molecule has 0 aliphatic heterocycles. The molecular formula is C18H24N2O2S2. The van der Waals surface area contributed by atoms with Crippen molar-refractivity contribution in [2.24, 2.45) is 0 Å². The van der Waals surface area contributed by atoms with Crippen LogP contribution in [0.5, 0.6) is 0 Å². The highest BCUT2D eigenvalue weighted by Gasteiger charge is 2.35. The van der Waals surface area contributed by atoms with Gasteiger partial charge in [-0.1, -0.05) is 17.7 Å². The van der Waals surface area contributed by atoms with Crippen LogP contribution in [0.2, 0.25) is 0 Å². The molecule has 1 atom stereocenters. The highest BCUT2D eigenvalue weighted by atomic mass is 32.2. The minimum atomic E-state index is -3.54. The minimum absolute atomic E-state index is 0.106. The van der Waals surface area contributed by atoms with Crippen LogP contribution < -0.4 is 0 Å². The summed E-state index contributed by atoms with van der Waals surface area (Å²) in [6.07, 6.45) is 2.79. The van der Waals surface area contributed by atoms with Crippen molar-refractivity contribution in [3.05, 3.63) is 44.4 Å². The van der Waals surface area contributed by atoms with E-state index in [4.69, 9.17) is 0 Å². The zero-order chi connectivity index (χ0) is 17.6. The van der Waals surface area contributed by atoms with E-state index in [1.165, 1.54) is 0 Å². The van der Waals surface area contributed by atoms with E-state index in [2.05, 4.69) is 4.98 Å². The molecule has 1 aliphatic carbocycles. The van der Waals surface area contributed by atoms with E-state index >= 15 is 0 Å². The molecule has 1 heterocycles. The standard InChI is InChI=1S/C18H24N2O2S2/c1-11-9-12(2)18(13(3)10-11)24(21,22)20(5)16-8-6-7-15-17(16)23-14(4)19-15/h9-10,16H,6-8H2,1-5H3. The fraction of sp³-hybridized carbons (Fsp3) is 0.500. The van der Waals surface area contributed by atoms with Gasteiger partial charge in [0.05, 0.1) is 21.6 Å². The Kier molecular flexibility index (Phi) is 4.57. The van der Waals surface area contributed by atoms with Gasteiger partial charge >= 0.3 is 0 Å². The Morgan fingerprint density at radius 1 is 1.17 bits per heavy atom. The maximum atomic E-state index is 13.3. The van der Waals surface area contributed by atoms with E-state index in [9.17, 15) is 8.42 Å². The quantitative estimate of drug-likeness (QED) is 0.825. The van der Waals surface area contributed by atoms with Gasteiger partial charge in [-0.2, -0.15) is 4.31 Å². The number of thiazole rings is 1. The second kappa shape index (κ2) is 6.24. The number of hydrogen-bond donors (Lipinski definition) is 0. The van der Waals surface area contributed by atoms with Crippen molar-refractivity contribution in [3.63, 3.8) is 0 Å². The highest BCUT2D eigenvalue weighted by molar-refractivity contribution is 7.89. The molecule has 2 aromatic rings. The summed E-state index contributed by atoms with van der Waals surface area (Å²) >= 11 is 1.63. The second-order valence-corrected chi connectivity index (χ2v) is 9.87. The SMILES string of the molecule is Cc1cc(C)c(S(=O)(=O)N(C)C2CCCc3nc(C)sc32)c(C)c1. The van der Waals surface area contributed by atoms with E-state index in [0.717, 1.165) is 51.5 Å². The summed E-state index contributed by atoms with van der Waals surface area (Å²) in [6.45, 7) is 7.74. The van der Waals surface area contributed by atoms with Crippen LogP contribution in [0.15, 0.2) is 17.0 Å². The van der Waals surface area contributed by atoms with Crippen LogP contribution in [-0.2, 0) is 16.4 Å². The van der Waals surface area contributed by atoms with Gasteiger partial charge in [0.2, 0.25) is 10.0 Å². The lowest BCUT2D eigenvalue weighted by molar-refractivity contribution is 0.341. The molecule has 6 heteroatoms. The predicted molar refractivity (Wildman–Crippen MR) is 98.1 cm³/mol. The zero-order valence-corrected chi connectivity index (χ0v) is 16.5. The van der Waals surface area contributed by atoms with Crippen LogP contribution in [0.25, 0.3) is 0 Å². The van der Waals surface area contributed by atoms with Crippen molar-refractivity contribution < 1.29 is 8.42 Å². The summed E-state index contributed by atoms with van der Waals surface area (Å²) in [5, 5.41) is 1.01. The van der Waals surface area contributed by atoms with Crippen LogP contribution in [-0.4, -0.2) is 24.8 Å². The molecule has 0 saturated carbocycles. The molecular weight excluding hydrogens is 340 g/mol. The van der Waals surface area contributed by atoms with Gasteiger partial charge in [-0.15, -0.1) is 11.3 Å². The molecule has 4 nitrogen and oxygen atoms in total. The van der Waals surface area contributed by atoms with E-state index in [1.807, 2.05) is 39.8 Å². The topological polar surface area (TPSA) is 50.3 Å². The Labute approximate surface area is 148 Å². The van der Waals surface area contributed by atoms with Crippen LogP contribution in [0, 0.1) is 27.7 Å². The van der Waals surface area contributed by atoms with E-state index in [0.29, 0.717) is 4.90 Å². The Morgan fingerprint density at radius 3 is 2.42 bits per heavy atom. The summed E-state index contributed by atoms with van der Waals surface area (Å²) in [5.74, 6) is 0. The van der Waals surface area contributed by atoms with Crippen molar-refractivity contribution in [2.75, 3.05) is 7.05 Å². The molecule has 0 spiro atoms. The number of sulfonamides is 1. The van der Waals surface area contributed by atoms with Gasteiger partial charge in [0, 0.05) is 11.9 Å². The number of fused-ring (bicyclic) bond motifs is 1. The second-order valence-electron chi connectivity index (χ2n) is 6.70. The normalized spacial score (nSPS) is 18.0. The average molecular weight is 365 g/mol. The van der Waals surface area contributed by atoms with Crippen LogP contribution in [0.3, 0.4) is 0 Å². The maximum Gasteiger partial charge on any atom is 0.243 e. The molecule has 0 saturated heterocycles. The molecule has 1 unspecified atom stereocenters. The molecule has 1 aromatic heterocycles. The summed E-state index contributed by atoms with van der Waals surface area (Å²) in [7, 11) is -1.83. The summed E-state index contributed by atoms with van der Waals surface area (Å²) in [6, 6.07) is 3.78. The minimum Gasteiger partial charge on any atom is -0.246 e. The fourth-order valence-electron chi connectivity index (χ4n) is 3.75. The van der Waals surface area contributed by atoms with Crippen molar-refractivity contribution in [2.45, 2.75) is 57.9 Å². The van der Waals surface area contributed by atoms with Gasteiger partial charge in [-0.05, 0) is 58.1 Å². The first-order valence-corrected chi connectivity index (χ1v) is 10.5. The molecule has 0 amide bonds. The lowest BCUT2D eigenvalue weighted by Crippen LogP contribution is -2.33. The van der Waals surface area contributed by atoms with Gasteiger partial charge < -0.3 is 0 Å². The fourth-order valence-corrected chi connectivity index (χ4v) is 6.74. The number of rotatable bonds is 3. The third-order valence-corrected chi connectivity index (χ3v) is 8.00. The van der Waals surface area contributed by atoms with Crippen LogP contribution in [0.4, 0.5) is 0 Å². The monoisotopic (exact) mass is 364 g/mol. The number of aryl methyl sites for hydroxylation is 5. The zero-order valence-electron chi connectivity index (χ0n) is 14.9. The Hall–Kier alpha value is -1.24. The summed E-state index contributed by atoms with van der Waals surface area (Å²) < 4.78 is 28.2.